The molecule has 0 radical (unpaired) electrons. The lowest BCUT2D eigenvalue weighted by Crippen LogP contribution is -2.08. The van der Waals surface area contributed by atoms with Crippen LogP contribution < -0.4 is 18.9 Å². The second-order valence-electron chi connectivity index (χ2n) is 11.0. The number of hydrogen-bond acceptors (Lipinski definition) is 5. The van der Waals surface area contributed by atoms with Crippen LogP contribution in [-0.2, 0) is 19.4 Å². The summed E-state index contributed by atoms with van der Waals surface area (Å²) in [6.07, 6.45) is 2.95. The maximum atomic E-state index is 13.7. The van der Waals surface area contributed by atoms with E-state index in [-0.39, 0.29) is 17.1 Å². The average Bonchev–Trinajstić information content (AvgIpc) is 3.09. The zero-order valence-electron chi connectivity index (χ0n) is 26.7. The van der Waals surface area contributed by atoms with Crippen LogP contribution in [0.3, 0.4) is 0 Å². The van der Waals surface area contributed by atoms with Crippen LogP contribution in [0.15, 0.2) is 109 Å². The van der Waals surface area contributed by atoms with Gasteiger partial charge in [-0.25, -0.2) is 9.18 Å². The van der Waals surface area contributed by atoms with Crippen LogP contribution in [0.4, 0.5) is 4.39 Å². The zero-order chi connectivity index (χ0) is 33.0. The highest BCUT2D eigenvalue weighted by Crippen LogP contribution is 2.38. The van der Waals surface area contributed by atoms with Crippen molar-refractivity contribution < 1.29 is 33.2 Å². The molecule has 0 aliphatic heterocycles. The SMILES string of the molecule is CCCc1c(OCCCOc2cc(OCc3ccccc3)c(-c3ccc(F)cc3)cc2CC)cccc1Oc1ccccc1C(=O)O. The van der Waals surface area contributed by atoms with E-state index in [9.17, 15) is 14.3 Å². The Kier molecular flexibility index (Phi) is 11.5. The molecule has 5 aromatic rings. The van der Waals surface area contributed by atoms with Gasteiger partial charge in [0.1, 0.15) is 46.7 Å². The molecule has 242 valence electrons. The maximum Gasteiger partial charge on any atom is 0.339 e. The molecule has 7 heteroatoms. The van der Waals surface area contributed by atoms with Gasteiger partial charge in [-0.1, -0.05) is 80.9 Å². The second-order valence-corrected chi connectivity index (χ2v) is 11.0. The molecule has 1 N–H and O–H groups in total. The number of carbonyl (C=O) groups is 1. The molecule has 0 atom stereocenters. The van der Waals surface area contributed by atoms with E-state index in [1.807, 2.05) is 54.6 Å². The number of aromatic carboxylic acids is 1. The molecule has 0 fully saturated rings. The summed E-state index contributed by atoms with van der Waals surface area (Å²) in [5.41, 5.74) is 4.80. The Morgan fingerprint density at radius 3 is 2.11 bits per heavy atom. The minimum atomic E-state index is -1.05. The molecule has 0 saturated carbocycles. The Labute approximate surface area is 275 Å². The Balaban J connectivity index is 1.27. The van der Waals surface area contributed by atoms with Crippen LogP contribution in [0.5, 0.6) is 28.7 Å². The predicted molar refractivity (Wildman–Crippen MR) is 182 cm³/mol. The normalized spacial score (nSPS) is 10.8. The molecule has 5 rings (SSSR count). The number of rotatable bonds is 16. The van der Waals surface area contributed by atoms with Crippen LogP contribution in [0.2, 0.25) is 0 Å². The average molecular weight is 635 g/mol. The molecule has 0 amide bonds. The Bertz CT molecular complexity index is 1770. The fraction of sp³-hybridized carbons (Fsp3) is 0.225. The molecule has 0 saturated heterocycles. The smallest absolute Gasteiger partial charge is 0.339 e. The van der Waals surface area contributed by atoms with Gasteiger partial charge in [-0.05, 0) is 72.0 Å². The first-order valence-electron chi connectivity index (χ1n) is 15.9. The van der Waals surface area contributed by atoms with Gasteiger partial charge in [-0.3, -0.25) is 0 Å². The molecule has 0 bridgehead atoms. The van der Waals surface area contributed by atoms with Gasteiger partial charge in [0.15, 0.2) is 0 Å². The van der Waals surface area contributed by atoms with E-state index in [0.29, 0.717) is 49.9 Å². The van der Waals surface area contributed by atoms with Gasteiger partial charge in [-0.15, -0.1) is 0 Å². The van der Waals surface area contributed by atoms with Crippen molar-refractivity contribution >= 4 is 5.97 Å². The van der Waals surface area contributed by atoms with E-state index in [2.05, 4.69) is 19.9 Å². The molecule has 0 heterocycles. The van der Waals surface area contributed by atoms with Gasteiger partial charge >= 0.3 is 5.97 Å². The monoisotopic (exact) mass is 634 g/mol. The number of carboxylic acid groups (broad SMARTS) is 1. The van der Waals surface area contributed by atoms with E-state index < -0.39 is 5.97 Å². The highest BCUT2D eigenvalue weighted by atomic mass is 19.1. The quantitative estimate of drug-likeness (QED) is 0.109. The van der Waals surface area contributed by atoms with Crippen molar-refractivity contribution in [2.75, 3.05) is 13.2 Å². The number of benzene rings is 5. The van der Waals surface area contributed by atoms with E-state index in [1.54, 1.807) is 30.3 Å². The van der Waals surface area contributed by atoms with Crippen LogP contribution >= 0.6 is 0 Å². The number of carboxylic acids is 1. The van der Waals surface area contributed by atoms with Crippen molar-refractivity contribution in [1.82, 2.24) is 0 Å². The fourth-order valence-corrected chi connectivity index (χ4v) is 5.27. The summed E-state index contributed by atoms with van der Waals surface area (Å²) in [6, 6.07) is 32.5. The zero-order valence-corrected chi connectivity index (χ0v) is 26.7. The highest BCUT2D eigenvalue weighted by Gasteiger charge is 2.17. The van der Waals surface area contributed by atoms with E-state index >= 15 is 0 Å². The van der Waals surface area contributed by atoms with Gasteiger partial charge in [0.25, 0.3) is 0 Å². The molecule has 5 aromatic carbocycles. The predicted octanol–water partition coefficient (Wildman–Crippen LogP) is 9.92. The molecule has 0 aliphatic carbocycles. The molecule has 0 aromatic heterocycles. The van der Waals surface area contributed by atoms with Crippen LogP contribution in [0.1, 0.15) is 53.7 Å². The third-order valence-corrected chi connectivity index (χ3v) is 7.67. The van der Waals surface area contributed by atoms with Gasteiger partial charge in [0.05, 0.1) is 13.2 Å². The number of aryl methyl sites for hydroxylation is 1. The summed E-state index contributed by atoms with van der Waals surface area (Å²) in [6.45, 7) is 5.37. The summed E-state index contributed by atoms with van der Waals surface area (Å²) < 4.78 is 38.6. The van der Waals surface area contributed by atoms with Crippen molar-refractivity contribution in [2.45, 2.75) is 46.1 Å². The standard InChI is InChI=1S/C40H39FO6/c1-3-12-32-35(17-10-18-36(32)47-37-16-9-8-15-33(37)40(42)43)44-23-11-24-45-38-26-39(46-27-28-13-6-5-7-14-28)34(25-29(38)4-2)30-19-21-31(41)22-20-30/h5-10,13-22,25-26H,3-4,11-12,23-24,27H2,1-2H3,(H,42,43). The van der Waals surface area contributed by atoms with Gasteiger partial charge < -0.3 is 24.1 Å². The fourth-order valence-electron chi connectivity index (χ4n) is 5.27. The first kappa shape index (κ1) is 33.1. The number of halogens is 1. The molecule has 0 aliphatic rings. The number of hydrogen-bond donors (Lipinski definition) is 1. The first-order valence-corrected chi connectivity index (χ1v) is 15.9. The minimum absolute atomic E-state index is 0.101. The summed E-state index contributed by atoms with van der Waals surface area (Å²) >= 11 is 0. The summed E-state index contributed by atoms with van der Waals surface area (Å²) in [5.74, 6) is 1.62. The third-order valence-electron chi connectivity index (χ3n) is 7.67. The van der Waals surface area contributed by atoms with E-state index in [1.165, 1.54) is 18.2 Å². The third kappa shape index (κ3) is 8.70. The molecular weight excluding hydrogens is 595 g/mol. The topological polar surface area (TPSA) is 74.2 Å². The van der Waals surface area contributed by atoms with Gasteiger partial charge in [0.2, 0.25) is 0 Å². The van der Waals surface area contributed by atoms with Crippen molar-refractivity contribution in [3.8, 4) is 39.9 Å². The molecule has 47 heavy (non-hydrogen) atoms. The van der Waals surface area contributed by atoms with Gasteiger partial charge in [-0.2, -0.15) is 0 Å². The van der Waals surface area contributed by atoms with Crippen molar-refractivity contribution in [2.24, 2.45) is 0 Å². The lowest BCUT2D eigenvalue weighted by molar-refractivity contribution is 0.0694. The summed E-state index contributed by atoms with van der Waals surface area (Å²) in [5, 5.41) is 9.58. The largest absolute Gasteiger partial charge is 0.493 e. The Morgan fingerprint density at radius 1 is 0.702 bits per heavy atom. The molecule has 6 nitrogen and oxygen atoms in total. The summed E-state index contributed by atoms with van der Waals surface area (Å²) in [7, 11) is 0. The van der Waals surface area contributed by atoms with Crippen LogP contribution in [0.25, 0.3) is 11.1 Å². The van der Waals surface area contributed by atoms with E-state index in [4.69, 9.17) is 18.9 Å². The second kappa shape index (κ2) is 16.3. The Morgan fingerprint density at radius 2 is 1.38 bits per heavy atom. The van der Waals surface area contributed by atoms with Crippen molar-refractivity contribution in [1.29, 1.82) is 0 Å². The lowest BCUT2D eigenvalue weighted by Gasteiger charge is -2.18. The molecular formula is C40H39FO6. The van der Waals surface area contributed by atoms with Crippen molar-refractivity contribution in [3.05, 3.63) is 137 Å². The van der Waals surface area contributed by atoms with E-state index in [0.717, 1.165) is 46.4 Å². The highest BCUT2D eigenvalue weighted by molar-refractivity contribution is 5.91. The van der Waals surface area contributed by atoms with Gasteiger partial charge in [0, 0.05) is 23.6 Å². The summed E-state index contributed by atoms with van der Waals surface area (Å²) in [4.78, 5) is 11.7. The number of para-hydroxylation sites is 1. The molecule has 0 unspecified atom stereocenters. The van der Waals surface area contributed by atoms with Crippen LogP contribution in [0, 0.1) is 5.82 Å². The lowest BCUT2D eigenvalue weighted by atomic mass is 10.00. The number of ether oxygens (including phenoxy) is 4. The first-order chi connectivity index (χ1) is 23.0. The van der Waals surface area contributed by atoms with Crippen LogP contribution in [-0.4, -0.2) is 24.3 Å². The molecule has 0 spiro atoms. The van der Waals surface area contributed by atoms with Crippen molar-refractivity contribution in [3.63, 3.8) is 0 Å². The minimum Gasteiger partial charge on any atom is -0.493 e. The maximum absolute atomic E-state index is 13.7. The Hall–Kier alpha value is -5.30.